The van der Waals surface area contributed by atoms with Crippen LogP contribution in [0.1, 0.15) is 39.1 Å². The van der Waals surface area contributed by atoms with Gasteiger partial charge in [0.25, 0.3) is 5.91 Å². The van der Waals surface area contributed by atoms with Crippen LogP contribution in [0.2, 0.25) is 5.02 Å². The Morgan fingerprint density at radius 2 is 1.68 bits per heavy atom. The topological polar surface area (TPSA) is 92.5 Å². The van der Waals surface area contributed by atoms with Crippen molar-refractivity contribution in [2.24, 2.45) is 11.7 Å². The lowest BCUT2D eigenvalue weighted by molar-refractivity contribution is -0.126. The van der Waals surface area contributed by atoms with Gasteiger partial charge in [-0.3, -0.25) is 14.4 Å². The number of primary amides is 1. The Labute approximate surface area is 168 Å². The van der Waals surface area contributed by atoms with Crippen molar-refractivity contribution in [3.63, 3.8) is 0 Å². The van der Waals surface area contributed by atoms with Gasteiger partial charge in [-0.25, -0.2) is 0 Å². The Kier molecular flexibility index (Phi) is 6.31. The standard InChI is InChI=1S/C21H22ClN3O3/c22-18-9-7-16(8-10-18)21(28)25-11-1-2-17(13-25)20(27)24-12-14-3-5-15(6-4-14)19(23)26/h3-10,17H,1-2,11-13H2,(H2,23,26)(H,24,27)/t17-/m1/s1. The molecule has 3 N–H and O–H groups in total. The molecule has 0 saturated carbocycles. The van der Waals surface area contributed by atoms with Crippen LogP contribution in [0.25, 0.3) is 0 Å². The fourth-order valence-electron chi connectivity index (χ4n) is 3.27. The highest BCUT2D eigenvalue weighted by molar-refractivity contribution is 6.30. The molecular formula is C21H22ClN3O3. The van der Waals surface area contributed by atoms with Crippen molar-refractivity contribution in [3.8, 4) is 0 Å². The van der Waals surface area contributed by atoms with Crippen molar-refractivity contribution in [1.29, 1.82) is 0 Å². The molecule has 0 aliphatic carbocycles. The molecule has 1 heterocycles. The lowest BCUT2D eigenvalue weighted by Crippen LogP contribution is -2.45. The van der Waals surface area contributed by atoms with Crippen molar-refractivity contribution in [1.82, 2.24) is 10.2 Å². The van der Waals surface area contributed by atoms with Crippen LogP contribution in [-0.4, -0.2) is 35.7 Å². The van der Waals surface area contributed by atoms with Crippen LogP contribution in [0.4, 0.5) is 0 Å². The summed E-state index contributed by atoms with van der Waals surface area (Å²) in [4.78, 5) is 38.0. The first-order valence-electron chi connectivity index (χ1n) is 9.15. The SMILES string of the molecule is NC(=O)c1ccc(CNC(=O)[C@@H]2CCCN(C(=O)c3ccc(Cl)cc3)C2)cc1. The Morgan fingerprint density at radius 1 is 1.04 bits per heavy atom. The highest BCUT2D eigenvalue weighted by atomic mass is 35.5. The molecule has 1 atom stereocenters. The number of carbonyl (C=O) groups is 3. The van der Waals surface area contributed by atoms with E-state index < -0.39 is 5.91 Å². The molecule has 146 valence electrons. The highest BCUT2D eigenvalue weighted by Crippen LogP contribution is 2.20. The second kappa shape index (κ2) is 8.89. The molecule has 2 aromatic rings. The van der Waals surface area contributed by atoms with E-state index in [0.29, 0.717) is 35.8 Å². The molecule has 0 bridgehead atoms. The van der Waals surface area contributed by atoms with Gasteiger partial charge < -0.3 is 16.0 Å². The van der Waals surface area contributed by atoms with E-state index in [9.17, 15) is 14.4 Å². The monoisotopic (exact) mass is 399 g/mol. The summed E-state index contributed by atoms with van der Waals surface area (Å²) in [6, 6.07) is 13.6. The van der Waals surface area contributed by atoms with E-state index in [4.69, 9.17) is 17.3 Å². The molecule has 3 amide bonds. The molecule has 1 aliphatic heterocycles. The molecule has 0 spiro atoms. The second-order valence-corrected chi connectivity index (χ2v) is 7.31. The van der Waals surface area contributed by atoms with Crippen molar-refractivity contribution in [2.45, 2.75) is 19.4 Å². The third kappa shape index (κ3) is 4.89. The summed E-state index contributed by atoms with van der Waals surface area (Å²) in [6.07, 6.45) is 1.53. The van der Waals surface area contributed by atoms with Gasteiger partial charge >= 0.3 is 0 Å². The lowest BCUT2D eigenvalue weighted by atomic mass is 9.96. The predicted molar refractivity (Wildman–Crippen MR) is 107 cm³/mol. The molecule has 1 saturated heterocycles. The van der Waals surface area contributed by atoms with Crippen molar-refractivity contribution in [3.05, 3.63) is 70.2 Å². The zero-order chi connectivity index (χ0) is 20.1. The fraction of sp³-hybridized carbons (Fsp3) is 0.286. The molecule has 28 heavy (non-hydrogen) atoms. The van der Waals surface area contributed by atoms with Gasteiger partial charge in [0.05, 0.1) is 5.92 Å². The van der Waals surface area contributed by atoms with Crippen LogP contribution in [0, 0.1) is 5.92 Å². The van der Waals surface area contributed by atoms with E-state index in [1.54, 1.807) is 53.4 Å². The van der Waals surface area contributed by atoms with Crippen LogP contribution < -0.4 is 11.1 Å². The number of nitrogens with one attached hydrogen (secondary N) is 1. The van der Waals surface area contributed by atoms with Gasteiger partial charge in [-0.05, 0) is 54.8 Å². The Bertz CT molecular complexity index is 865. The van der Waals surface area contributed by atoms with Crippen molar-refractivity contribution in [2.75, 3.05) is 13.1 Å². The Hall–Kier alpha value is -2.86. The largest absolute Gasteiger partial charge is 0.366 e. The first-order valence-corrected chi connectivity index (χ1v) is 9.53. The smallest absolute Gasteiger partial charge is 0.253 e. The van der Waals surface area contributed by atoms with E-state index in [-0.39, 0.29) is 17.7 Å². The third-order valence-corrected chi connectivity index (χ3v) is 5.13. The van der Waals surface area contributed by atoms with E-state index in [0.717, 1.165) is 18.4 Å². The van der Waals surface area contributed by atoms with Crippen LogP contribution in [0.5, 0.6) is 0 Å². The number of amides is 3. The minimum absolute atomic E-state index is 0.0763. The average Bonchev–Trinajstić information content (AvgIpc) is 2.72. The summed E-state index contributed by atoms with van der Waals surface area (Å²) in [5.74, 6) is -0.887. The van der Waals surface area contributed by atoms with Crippen LogP contribution in [0.15, 0.2) is 48.5 Å². The summed E-state index contributed by atoms with van der Waals surface area (Å²) < 4.78 is 0. The normalized spacial score (nSPS) is 16.5. The van der Waals surface area contributed by atoms with Crippen molar-refractivity contribution >= 4 is 29.3 Å². The number of benzene rings is 2. The maximum absolute atomic E-state index is 12.7. The summed E-state index contributed by atoms with van der Waals surface area (Å²) in [7, 11) is 0. The van der Waals surface area contributed by atoms with Gasteiger partial charge in [0, 0.05) is 35.8 Å². The molecule has 3 rings (SSSR count). The summed E-state index contributed by atoms with van der Waals surface area (Å²) in [5, 5.41) is 3.49. The maximum Gasteiger partial charge on any atom is 0.253 e. The summed E-state index contributed by atoms with van der Waals surface area (Å²) in [6.45, 7) is 1.40. The molecule has 1 fully saturated rings. The van der Waals surface area contributed by atoms with Crippen LogP contribution in [0.3, 0.4) is 0 Å². The maximum atomic E-state index is 12.7. The van der Waals surface area contributed by atoms with Gasteiger partial charge in [-0.15, -0.1) is 0 Å². The van der Waals surface area contributed by atoms with E-state index in [2.05, 4.69) is 5.32 Å². The van der Waals surface area contributed by atoms with E-state index >= 15 is 0 Å². The average molecular weight is 400 g/mol. The fourth-order valence-corrected chi connectivity index (χ4v) is 3.40. The van der Waals surface area contributed by atoms with Gasteiger partial charge in [0.15, 0.2) is 0 Å². The number of nitrogens with zero attached hydrogens (tertiary/aromatic N) is 1. The van der Waals surface area contributed by atoms with Gasteiger partial charge in [-0.2, -0.15) is 0 Å². The van der Waals surface area contributed by atoms with Gasteiger partial charge in [0.1, 0.15) is 0 Å². The molecule has 0 radical (unpaired) electrons. The number of halogens is 1. The van der Waals surface area contributed by atoms with Crippen LogP contribution in [-0.2, 0) is 11.3 Å². The number of carbonyl (C=O) groups excluding carboxylic acids is 3. The zero-order valence-electron chi connectivity index (χ0n) is 15.4. The number of piperidine rings is 1. The van der Waals surface area contributed by atoms with E-state index in [1.165, 1.54) is 0 Å². The van der Waals surface area contributed by atoms with Crippen LogP contribution >= 0.6 is 11.6 Å². The Morgan fingerprint density at radius 3 is 2.32 bits per heavy atom. The number of hydrogen-bond donors (Lipinski definition) is 2. The molecule has 0 unspecified atom stereocenters. The summed E-state index contributed by atoms with van der Waals surface area (Å²) in [5.41, 5.74) is 7.10. The highest BCUT2D eigenvalue weighted by Gasteiger charge is 2.28. The van der Waals surface area contributed by atoms with Crippen molar-refractivity contribution < 1.29 is 14.4 Å². The quantitative estimate of drug-likeness (QED) is 0.809. The van der Waals surface area contributed by atoms with E-state index in [1.807, 2.05) is 0 Å². The number of hydrogen-bond acceptors (Lipinski definition) is 3. The number of nitrogens with two attached hydrogens (primary N) is 1. The first-order chi connectivity index (χ1) is 13.4. The number of rotatable bonds is 5. The predicted octanol–water partition coefficient (Wildman–Crippen LogP) is 2.61. The molecular weight excluding hydrogens is 378 g/mol. The molecule has 0 aromatic heterocycles. The molecule has 6 nitrogen and oxygen atoms in total. The lowest BCUT2D eigenvalue weighted by Gasteiger charge is -2.32. The summed E-state index contributed by atoms with van der Waals surface area (Å²) >= 11 is 5.88. The third-order valence-electron chi connectivity index (χ3n) is 4.88. The van der Waals surface area contributed by atoms with Gasteiger partial charge in [0.2, 0.25) is 11.8 Å². The minimum Gasteiger partial charge on any atom is -0.366 e. The number of likely N-dealkylation sites (tertiary alicyclic amines) is 1. The second-order valence-electron chi connectivity index (χ2n) is 6.88. The molecule has 1 aliphatic rings. The van der Waals surface area contributed by atoms with Gasteiger partial charge in [-0.1, -0.05) is 23.7 Å². The first kappa shape index (κ1) is 19.9. The molecule has 7 heteroatoms. The zero-order valence-corrected chi connectivity index (χ0v) is 16.1. The molecule has 2 aromatic carbocycles. The minimum atomic E-state index is -0.483. The Balaban J connectivity index is 1.55.